The number of carbonyl (C=O) groups is 3. The summed E-state index contributed by atoms with van der Waals surface area (Å²) in [6.45, 7) is 1.89. The summed E-state index contributed by atoms with van der Waals surface area (Å²) in [5, 5.41) is 2.34. The van der Waals surface area contributed by atoms with Crippen molar-refractivity contribution in [2.24, 2.45) is 4.99 Å². The zero-order valence-electron chi connectivity index (χ0n) is 14.7. The van der Waals surface area contributed by atoms with E-state index in [1.807, 2.05) is 31.2 Å². The molecule has 6 heteroatoms. The van der Waals surface area contributed by atoms with Gasteiger partial charge in [0.05, 0.1) is 5.69 Å². The van der Waals surface area contributed by atoms with Gasteiger partial charge in [0.15, 0.2) is 0 Å². The summed E-state index contributed by atoms with van der Waals surface area (Å²) < 4.78 is 0. The highest BCUT2D eigenvalue weighted by Gasteiger charge is 2.41. The van der Waals surface area contributed by atoms with Crippen molar-refractivity contribution >= 4 is 29.2 Å². The molecule has 1 saturated heterocycles. The van der Waals surface area contributed by atoms with Gasteiger partial charge in [-0.1, -0.05) is 43.5 Å². The summed E-state index contributed by atoms with van der Waals surface area (Å²) >= 11 is 0. The number of nitrogens with one attached hydrogen (secondary N) is 1. The van der Waals surface area contributed by atoms with Crippen LogP contribution in [0.25, 0.3) is 0 Å². The Hall–Kier alpha value is -2.76. The maximum absolute atomic E-state index is 13.0. The first-order chi connectivity index (χ1) is 12.6. The smallest absolute Gasteiger partial charge is 0.273 e. The number of hydrogen-bond acceptors (Lipinski definition) is 4. The van der Waals surface area contributed by atoms with E-state index in [1.165, 1.54) is 4.90 Å². The molecular formula is C20H21N3O3. The number of carbonyl (C=O) groups excluding carboxylic acids is 3. The molecule has 4 rings (SSSR count). The number of fused-ring (bicyclic) bond motifs is 1. The molecule has 0 spiro atoms. The highest BCUT2D eigenvalue weighted by Crippen LogP contribution is 2.37. The first kappa shape index (κ1) is 16.7. The molecule has 134 valence electrons. The number of hydrogen-bond donors (Lipinski definition) is 1. The molecule has 0 bridgehead atoms. The largest absolute Gasteiger partial charge is 0.331 e. The van der Waals surface area contributed by atoms with Gasteiger partial charge in [0.25, 0.3) is 11.8 Å². The Morgan fingerprint density at radius 3 is 2.62 bits per heavy atom. The molecule has 1 saturated carbocycles. The lowest BCUT2D eigenvalue weighted by atomic mass is 9.91. The summed E-state index contributed by atoms with van der Waals surface area (Å²) in [6, 6.07) is 6.97. The number of aliphatic imine (C=N–C) groups is 1. The van der Waals surface area contributed by atoms with Crippen LogP contribution in [0, 0.1) is 0 Å². The minimum absolute atomic E-state index is 0.0337. The van der Waals surface area contributed by atoms with Gasteiger partial charge in [-0.05, 0) is 31.4 Å². The lowest BCUT2D eigenvalue weighted by Crippen LogP contribution is -2.58. The third-order valence-electron chi connectivity index (χ3n) is 5.42. The summed E-state index contributed by atoms with van der Waals surface area (Å²) in [7, 11) is 0. The maximum atomic E-state index is 13.0. The molecular weight excluding hydrogens is 330 g/mol. The fraction of sp³-hybridized carbons (Fsp3) is 0.400. The van der Waals surface area contributed by atoms with E-state index in [9.17, 15) is 14.4 Å². The van der Waals surface area contributed by atoms with Crippen molar-refractivity contribution in [1.82, 2.24) is 10.2 Å². The number of nitrogens with zero attached hydrogens (tertiary/aromatic N) is 2. The molecule has 3 aliphatic rings. The minimum Gasteiger partial charge on any atom is -0.273 e. The zero-order chi connectivity index (χ0) is 18.3. The summed E-state index contributed by atoms with van der Waals surface area (Å²) in [5.41, 5.74) is 2.70. The topological polar surface area (TPSA) is 78.8 Å². The Bertz CT molecular complexity index is 850. The van der Waals surface area contributed by atoms with E-state index in [-0.39, 0.29) is 17.5 Å². The van der Waals surface area contributed by atoms with Gasteiger partial charge in [-0.3, -0.25) is 24.8 Å². The molecule has 2 aliphatic heterocycles. The molecule has 1 N–H and O–H groups in total. The van der Waals surface area contributed by atoms with Gasteiger partial charge in [-0.15, -0.1) is 0 Å². The molecule has 1 aliphatic carbocycles. The van der Waals surface area contributed by atoms with Gasteiger partial charge in [-0.2, -0.15) is 0 Å². The van der Waals surface area contributed by atoms with Gasteiger partial charge in [-0.25, -0.2) is 4.79 Å². The molecule has 1 atom stereocenters. The first-order valence-electron chi connectivity index (χ1n) is 9.11. The van der Waals surface area contributed by atoms with E-state index in [1.54, 1.807) is 6.08 Å². The second-order valence-corrected chi connectivity index (χ2v) is 7.10. The number of rotatable bonds is 2. The van der Waals surface area contributed by atoms with Gasteiger partial charge < -0.3 is 0 Å². The Morgan fingerprint density at radius 1 is 1.12 bits per heavy atom. The van der Waals surface area contributed by atoms with Crippen LogP contribution in [0.2, 0.25) is 0 Å². The van der Waals surface area contributed by atoms with Crippen molar-refractivity contribution in [3.63, 3.8) is 0 Å². The first-order valence-corrected chi connectivity index (χ1v) is 9.11. The van der Waals surface area contributed by atoms with Crippen LogP contribution in [0.1, 0.15) is 50.5 Å². The third kappa shape index (κ3) is 2.75. The lowest BCUT2D eigenvalue weighted by molar-refractivity contribution is -0.132. The SMILES string of the molecule is CC1=Nc2ccccc2C1/C=C1\C(=O)NC(=O)N(C2CCCCC2)C1=O. The molecule has 1 unspecified atom stereocenters. The van der Waals surface area contributed by atoms with Crippen LogP contribution >= 0.6 is 0 Å². The lowest BCUT2D eigenvalue weighted by Gasteiger charge is -2.35. The van der Waals surface area contributed by atoms with E-state index < -0.39 is 17.8 Å². The number of barbiturate groups is 1. The summed E-state index contributed by atoms with van der Waals surface area (Å²) in [5.74, 6) is -1.33. The standard InChI is InChI=1S/C20H21N3O3/c1-12-15(14-9-5-6-10-17(14)21-12)11-16-18(24)22-20(26)23(19(16)25)13-7-3-2-4-8-13/h5-6,9-11,13,15H,2-4,7-8H2,1H3,(H,22,24,26)/b16-11+. The van der Waals surface area contributed by atoms with E-state index in [0.717, 1.165) is 49.1 Å². The third-order valence-corrected chi connectivity index (χ3v) is 5.42. The average molecular weight is 351 g/mol. The van der Waals surface area contributed by atoms with Gasteiger partial charge in [0.2, 0.25) is 0 Å². The van der Waals surface area contributed by atoms with Crippen LogP contribution in [0.5, 0.6) is 0 Å². The van der Waals surface area contributed by atoms with Crippen molar-refractivity contribution in [1.29, 1.82) is 0 Å². The van der Waals surface area contributed by atoms with E-state index >= 15 is 0 Å². The second kappa shape index (κ2) is 6.52. The number of urea groups is 1. The molecule has 6 nitrogen and oxygen atoms in total. The van der Waals surface area contributed by atoms with E-state index in [4.69, 9.17) is 0 Å². The van der Waals surface area contributed by atoms with Crippen LogP contribution < -0.4 is 5.32 Å². The highest BCUT2D eigenvalue weighted by molar-refractivity contribution is 6.29. The van der Waals surface area contributed by atoms with Crippen molar-refractivity contribution in [2.75, 3.05) is 0 Å². The van der Waals surface area contributed by atoms with Crippen molar-refractivity contribution < 1.29 is 14.4 Å². The molecule has 1 aromatic carbocycles. The Kier molecular flexibility index (Phi) is 4.18. The number of benzene rings is 1. The van der Waals surface area contributed by atoms with Crippen LogP contribution in [0.3, 0.4) is 0 Å². The quantitative estimate of drug-likeness (QED) is 0.656. The second-order valence-electron chi connectivity index (χ2n) is 7.10. The van der Waals surface area contributed by atoms with Crippen LogP contribution in [-0.4, -0.2) is 34.5 Å². The van der Waals surface area contributed by atoms with Gasteiger partial charge in [0, 0.05) is 17.7 Å². The normalized spacial score (nSPS) is 25.3. The van der Waals surface area contributed by atoms with Crippen LogP contribution in [0.4, 0.5) is 10.5 Å². The predicted octanol–water partition coefficient (Wildman–Crippen LogP) is 3.21. The van der Waals surface area contributed by atoms with E-state index in [2.05, 4.69) is 10.3 Å². The molecule has 2 heterocycles. The molecule has 0 radical (unpaired) electrons. The fourth-order valence-electron chi connectivity index (χ4n) is 4.08. The number of para-hydroxylation sites is 1. The number of imide groups is 2. The average Bonchev–Trinajstić information content (AvgIpc) is 2.94. The molecule has 1 aromatic rings. The highest BCUT2D eigenvalue weighted by atomic mass is 16.2. The molecule has 2 fully saturated rings. The van der Waals surface area contributed by atoms with Crippen LogP contribution in [0.15, 0.2) is 40.9 Å². The molecule has 26 heavy (non-hydrogen) atoms. The van der Waals surface area contributed by atoms with Crippen molar-refractivity contribution in [3.05, 3.63) is 41.5 Å². The zero-order valence-corrected chi connectivity index (χ0v) is 14.7. The van der Waals surface area contributed by atoms with Gasteiger partial charge >= 0.3 is 6.03 Å². The van der Waals surface area contributed by atoms with Crippen molar-refractivity contribution in [3.8, 4) is 0 Å². The van der Waals surface area contributed by atoms with Gasteiger partial charge in [0.1, 0.15) is 5.57 Å². The van der Waals surface area contributed by atoms with Crippen molar-refractivity contribution in [2.45, 2.75) is 51.0 Å². The predicted molar refractivity (Wildman–Crippen MR) is 97.3 cm³/mol. The maximum Gasteiger partial charge on any atom is 0.331 e. The number of allylic oxidation sites excluding steroid dienone is 1. The Balaban J connectivity index is 1.68. The van der Waals surface area contributed by atoms with E-state index in [0.29, 0.717) is 0 Å². The van der Waals surface area contributed by atoms with Crippen LogP contribution in [-0.2, 0) is 9.59 Å². The molecule has 4 amide bonds. The number of amides is 4. The summed E-state index contributed by atoms with van der Waals surface area (Å²) in [4.78, 5) is 43.4. The minimum atomic E-state index is -0.621. The Morgan fingerprint density at radius 2 is 1.85 bits per heavy atom. The molecule has 0 aromatic heterocycles. The fourth-order valence-corrected chi connectivity index (χ4v) is 4.08. The summed E-state index contributed by atoms with van der Waals surface area (Å²) in [6.07, 6.45) is 6.37. The Labute approximate surface area is 152 Å². The monoisotopic (exact) mass is 351 g/mol.